The zero-order chi connectivity index (χ0) is 24.1. The molecule has 5 nitrogen and oxygen atoms in total. The number of amides is 1. The monoisotopic (exact) mass is 501 g/mol. The summed E-state index contributed by atoms with van der Waals surface area (Å²) < 4.78 is 67.2. The van der Waals surface area contributed by atoms with Gasteiger partial charge in [0.25, 0.3) is 5.91 Å². The third-order valence-electron chi connectivity index (χ3n) is 6.88. The second-order valence-electron chi connectivity index (χ2n) is 8.95. The SMILES string of the molecule is CC[C@]1(O)CC2CC[C@@H](C1)C2S(=O)(=O)c1cc(C(=O)Nc2cc(F)c(F)c(F)c2)ccc1Cl. The Hall–Kier alpha value is -2.10. The molecule has 2 saturated carbocycles. The lowest BCUT2D eigenvalue weighted by Crippen LogP contribution is -2.45. The van der Waals surface area contributed by atoms with Crippen LogP contribution in [0.5, 0.6) is 0 Å². The van der Waals surface area contributed by atoms with Crippen LogP contribution in [0.1, 0.15) is 49.4 Å². The van der Waals surface area contributed by atoms with Crippen LogP contribution in [0.3, 0.4) is 0 Å². The normalized spacial score (nSPS) is 26.9. The molecule has 2 aliphatic carbocycles. The summed E-state index contributed by atoms with van der Waals surface area (Å²) in [6.45, 7) is 1.88. The molecule has 2 N–H and O–H groups in total. The molecule has 1 amide bonds. The number of hydrogen-bond acceptors (Lipinski definition) is 4. The van der Waals surface area contributed by atoms with Crippen molar-refractivity contribution in [1.82, 2.24) is 0 Å². The van der Waals surface area contributed by atoms with Gasteiger partial charge in [-0.15, -0.1) is 0 Å². The maximum absolute atomic E-state index is 13.6. The van der Waals surface area contributed by atoms with Crippen LogP contribution in [0.15, 0.2) is 35.2 Å². The number of nitrogens with one attached hydrogen (secondary N) is 1. The highest BCUT2D eigenvalue weighted by atomic mass is 35.5. The van der Waals surface area contributed by atoms with Gasteiger partial charge in [-0.3, -0.25) is 4.79 Å². The molecule has 2 unspecified atom stereocenters. The molecule has 33 heavy (non-hydrogen) atoms. The number of rotatable bonds is 5. The molecule has 2 bridgehead atoms. The zero-order valence-electron chi connectivity index (χ0n) is 17.7. The summed E-state index contributed by atoms with van der Waals surface area (Å²) in [6, 6.07) is 4.96. The smallest absolute Gasteiger partial charge is 0.255 e. The van der Waals surface area contributed by atoms with Crippen LogP contribution in [-0.2, 0) is 9.84 Å². The molecule has 2 fully saturated rings. The number of carbonyl (C=O) groups is 1. The van der Waals surface area contributed by atoms with Crippen LogP contribution >= 0.6 is 11.6 Å². The molecule has 2 aromatic carbocycles. The Morgan fingerprint density at radius 1 is 1.12 bits per heavy atom. The van der Waals surface area contributed by atoms with Gasteiger partial charge in [-0.2, -0.15) is 0 Å². The van der Waals surface area contributed by atoms with Crippen molar-refractivity contribution in [1.29, 1.82) is 0 Å². The van der Waals surface area contributed by atoms with Crippen molar-refractivity contribution in [3.05, 3.63) is 58.4 Å². The van der Waals surface area contributed by atoms with Crippen molar-refractivity contribution in [3.63, 3.8) is 0 Å². The van der Waals surface area contributed by atoms with Gasteiger partial charge in [0, 0.05) is 23.4 Å². The van der Waals surface area contributed by atoms with Crippen LogP contribution in [0.2, 0.25) is 5.02 Å². The van der Waals surface area contributed by atoms with Crippen LogP contribution in [-0.4, -0.2) is 30.3 Å². The van der Waals surface area contributed by atoms with Gasteiger partial charge in [-0.05, 0) is 62.1 Å². The lowest BCUT2D eigenvalue weighted by atomic mass is 9.76. The first kappa shape index (κ1) is 24.0. The second kappa shape index (κ2) is 8.60. The molecule has 0 heterocycles. The molecule has 2 aromatic rings. The lowest BCUT2D eigenvalue weighted by Gasteiger charge is -2.40. The first-order valence-corrected chi connectivity index (χ1v) is 12.6. The van der Waals surface area contributed by atoms with Crippen LogP contribution in [0.25, 0.3) is 0 Å². The molecule has 10 heteroatoms. The Balaban J connectivity index is 1.63. The molecule has 0 spiro atoms. The topological polar surface area (TPSA) is 83.5 Å². The van der Waals surface area contributed by atoms with Gasteiger partial charge < -0.3 is 10.4 Å². The van der Waals surface area contributed by atoms with Crippen molar-refractivity contribution in [2.75, 3.05) is 5.32 Å². The van der Waals surface area contributed by atoms with Crippen molar-refractivity contribution < 1.29 is 31.5 Å². The maximum Gasteiger partial charge on any atom is 0.255 e. The van der Waals surface area contributed by atoms with Gasteiger partial charge in [0.15, 0.2) is 27.3 Å². The predicted molar refractivity (Wildman–Crippen MR) is 117 cm³/mol. The minimum atomic E-state index is -3.93. The molecular weight excluding hydrogens is 479 g/mol. The second-order valence-corrected chi connectivity index (χ2v) is 11.4. The van der Waals surface area contributed by atoms with Crippen LogP contribution < -0.4 is 5.32 Å². The molecule has 2 aliphatic rings. The van der Waals surface area contributed by atoms with Gasteiger partial charge in [0.2, 0.25) is 0 Å². The molecule has 0 saturated heterocycles. The van der Waals surface area contributed by atoms with E-state index in [0.717, 1.165) is 6.07 Å². The molecule has 4 rings (SSSR count). The van der Waals surface area contributed by atoms with Gasteiger partial charge in [0.05, 0.1) is 20.8 Å². The first-order valence-electron chi connectivity index (χ1n) is 10.7. The van der Waals surface area contributed by atoms with E-state index in [1.807, 2.05) is 6.92 Å². The van der Waals surface area contributed by atoms with Gasteiger partial charge in [-0.25, -0.2) is 21.6 Å². The van der Waals surface area contributed by atoms with Crippen LogP contribution in [0.4, 0.5) is 18.9 Å². The Morgan fingerprint density at radius 3 is 2.24 bits per heavy atom. The minimum Gasteiger partial charge on any atom is -0.390 e. The number of anilines is 1. The molecule has 0 aromatic heterocycles. The van der Waals surface area contributed by atoms with E-state index in [1.165, 1.54) is 12.1 Å². The molecular formula is C23H23ClF3NO4S. The van der Waals surface area contributed by atoms with Crippen molar-refractivity contribution in [2.24, 2.45) is 11.8 Å². The number of hydrogen-bond donors (Lipinski definition) is 2. The van der Waals surface area contributed by atoms with Gasteiger partial charge >= 0.3 is 0 Å². The largest absolute Gasteiger partial charge is 0.390 e. The maximum atomic E-state index is 13.6. The highest BCUT2D eigenvalue weighted by Crippen LogP contribution is 2.52. The Morgan fingerprint density at radius 2 is 1.70 bits per heavy atom. The number of fused-ring (bicyclic) bond motifs is 2. The van der Waals surface area contributed by atoms with E-state index in [9.17, 15) is 31.5 Å². The van der Waals surface area contributed by atoms with E-state index < -0.39 is 44.0 Å². The van der Waals surface area contributed by atoms with Gasteiger partial charge in [0.1, 0.15) is 0 Å². The fraction of sp³-hybridized carbons (Fsp3) is 0.435. The molecule has 178 valence electrons. The Labute approximate surface area is 194 Å². The minimum absolute atomic E-state index is 0.0406. The van der Waals surface area contributed by atoms with Crippen molar-refractivity contribution >= 4 is 33.0 Å². The summed E-state index contributed by atoms with van der Waals surface area (Å²) in [5.74, 6) is -5.85. The number of benzene rings is 2. The van der Waals surface area contributed by atoms with Crippen molar-refractivity contribution in [3.8, 4) is 0 Å². The number of sulfone groups is 1. The number of carbonyl (C=O) groups excluding carboxylic acids is 1. The summed E-state index contributed by atoms with van der Waals surface area (Å²) in [4.78, 5) is 12.4. The standard InChI is InChI=1S/C23H23ClF3NO4S/c1-2-23(30)10-13-3-4-14(11-23)21(13)33(31,32)19-7-12(5-6-16(19)24)22(29)28-15-8-17(25)20(27)18(26)9-15/h5-9,13-14,21,30H,2-4,10-11H2,1H3,(H,28,29)/t13-,14?,21?,23+/m0/s1. The number of aliphatic hydroxyl groups is 1. The zero-order valence-corrected chi connectivity index (χ0v) is 19.3. The summed E-state index contributed by atoms with van der Waals surface area (Å²) in [7, 11) is -3.93. The average molecular weight is 502 g/mol. The fourth-order valence-corrected chi connectivity index (χ4v) is 8.12. The highest BCUT2D eigenvalue weighted by molar-refractivity contribution is 7.92. The van der Waals surface area contributed by atoms with E-state index in [2.05, 4.69) is 5.32 Å². The molecule has 0 aliphatic heterocycles. The van der Waals surface area contributed by atoms with E-state index in [-0.39, 0.29) is 33.0 Å². The summed E-state index contributed by atoms with van der Waals surface area (Å²) in [6.07, 6.45) is 2.72. The highest BCUT2D eigenvalue weighted by Gasteiger charge is 2.53. The van der Waals surface area contributed by atoms with E-state index >= 15 is 0 Å². The fourth-order valence-electron chi connectivity index (χ4n) is 5.27. The molecule has 0 radical (unpaired) electrons. The predicted octanol–water partition coefficient (Wildman–Crippen LogP) is 5.11. The third kappa shape index (κ3) is 4.38. The first-order chi connectivity index (χ1) is 15.4. The summed E-state index contributed by atoms with van der Waals surface area (Å²) in [5.41, 5.74) is -1.28. The summed E-state index contributed by atoms with van der Waals surface area (Å²) in [5, 5.41) is 12.2. The van der Waals surface area contributed by atoms with E-state index in [1.54, 1.807) is 0 Å². The summed E-state index contributed by atoms with van der Waals surface area (Å²) >= 11 is 6.22. The van der Waals surface area contributed by atoms with Crippen LogP contribution in [0, 0.1) is 29.3 Å². The Bertz CT molecular complexity index is 1180. The quantitative estimate of drug-likeness (QED) is 0.557. The lowest BCUT2D eigenvalue weighted by molar-refractivity contribution is -0.0219. The molecule has 4 atom stereocenters. The van der Waals surface area contributed by atoms with Gasteiger partial charge in [-0.1, -0.05) is 18.5 Å². The van der Waals surface area contributed by atoms with E-state index in [4.69, 9.17) is 11.6 Å². The average Bonchev–Trinajstić information content (AvgIpc) is 3.05. The Kier molecular flexibility index (Phi) is 6.26. The number of halogens is 4. The van der Waals surface area contributed by atoms with Crippen molar-refractivity contribution in [2.45, 2.75) is 54.8 Å². The van der Waals surface area contributed by atoms with E-state index in [0.29, 0.717) is 44.2 Å². The third-order valence-corrected chi connectivity index (χ3v) is 9.76.